The summed E-state index contributed by atoms with van der Waals surface area (Å²) in [5.41, 5.74) is 2.64. The molecule has 170 valence electrons. The Hall–Kier alpha value is -3.02. The van der Waals surface area contributed by atoms with E-state index >= 15 is 0 Å². The Bertz CT molecular complexity index is 1260. The average Bonchev–Trinajstić information content (AvgIpc) is 3.21. The lowest BCUT2D eigenvalue weighted by molar-refractivity contribution is -0.0845. The third-order valence-corrected chi connectivity index (χ3v) is 7.77. The van der Waals surface area contributed by atoms with Gasteiger partial charge in [0.15, 0.2) is 5.72 Å². The topological polar surface area (TPSA) is 52.9 Å². The molecule has 4 nitrogen and oxygen atoms in total. The van der Waals surface area contributed by atoms with Gasteiger partial charge in [0.1, 0.15) is 17.2 Å². The van der Waals surface area contributed by atoms with E-state index < -0.39 is 5.72 Å². The van der Waals surface area contributed by atoms with Crippen molar-refractivity contribution in [3.8, 4) is 27.7 Å². The van der Waals surface area contributed by atoms with E-state index in [0.717, 1.165) is 57.8 Å². The van der Waals surface area contributed by atoms with Gasteiger partial charge in [0.25, 0.3) is 0 Å². The quantitative estimate of drug-likeness (QED) is 0.336. The highest BCUT2D eigenvalue weighted by Gasteiger charge is 2.41. The molecule has 0 spiro atoms. The van der Waals surface area contributed by atoms with Crippen molar-refractivity contribution in [2.24, 2.45) is 0 Å². The second kappa shape index (κ2) is 8.73. The van der Waals surface area contributed by atoms with Crippen LogP contribution in [0.4, 0.5) is 0 Å². The van der Waals surface area contributed by atoms with Crippen LogP contribution in [0.1, 0.15) is 37.3 Å². The molecular formula is C28H29NO3S. The predicted molar refractivity (Wildman–Crippen MR) is 135 cm³/mol. The van der Waals surface area contributed by atoms with Crippen molar-refractivity contribution in [3.63, 3.8) is 0 Å². The summed E-state index contributed by atoms with van der Waals surface area (Å²) < 4.78 is 7.90. The molecule has 1 aromatic heterocycles. The lowest BCUT2D eigenvalue weighted by Crippen LogP contribution is -2.50. The van der Waals surface area contributed by atoms with Crippen molar-refractivity contribution in [2.75, 3.05) is 13.1 Å². The minimum absolute atomic E-state index is 0.244. The van der Waals surface area contributed by atoms with Gasteiger partial charge in [-0.25, -0.2) is 0 Å². The average molecular weight is 460 g/mol. The van der Waals surface area contributed by atoms with E-state index in [1.807, 2.05) is 36.4 Å². The molecule has 1 fully saturated rings. The zero-order valence-electron chi connectivity index (χ0n) is 19.0. The number of fused-ring (bicyclic) bond motifs is 1. The van der Waals surface area contributed by atoms with Gasteiger partial charge < -0.3 is 14.9 Å². The van der Waals surface area contributed by atoms with E-state index in [9.17, 15) is 10.2 Å². The summed E-state index contributed by atoms with van der Waals surface area (Å²) in [6.07, 6.45) is 3.52. The van der Waals surface area contributed by atoms with E-state index in [1.165, 1.54) is 12.0 Å². The molecule has 0 saturated carbocycles. The van der Waals surface area contributed by atoms with Crippen molar-refractivity contribution in [3.05, 3.63) is 77.9 Å². The summed E-state index contributed by atoms with van der Waals surface area (Å²) >= 11 is 1.65. The molecule has 1 atom stereocenters. The van der Waals surface area contributed by atoms with Crippen LogP contribution in [-0.2, 0) is 5.72 Å². The standard InChI is InChI=1S/C28H29NO3S/c1-19-6-13-23(14-7-19)32-28(2,29-16-4-3-5-17-29)26-24-15-12-22(31)18-25(24)33-27(26)20-8-10-21(30)11-9-20/h6-15,18,30-31H,3-5,16-17H2,1-2H3. The van der Waals surface area contributed by atoms with Gasteiger partial charge in [-0.2, -0.15) is 0 Å². The molecule has 0 amide bonds. The van der Waals surface area contributed by atoms with Crippen LogP contribution >= 0.6 is 11.3 Å². The summed E-state index contributed by atoms with van der Waals surface area (Å²) in [6.45, 7) is 6.19. The number of nitrogens with zero attached hydrogens (tertiary/aromatic N) is 1. The monoisotopic (exact) mass is 459 g/mol. The van der Waals surface area contributed by atoms with Crippen molar-refractivity contribution in [1.29, 1.82) is 0 Å². The van der Waals surface area contributed by atoms with Crippen molar-refractivity contribution in [1.82, 2.24) is 4.90 Å². The number of benzene rings is 3. The van der Waals surface area contributed by atoms with Crippen LogP contribution in [0.3, 0.4) is 0 Å². The van der Waals surface area contributed by atoms with E-state index in [-0.39, 0.29) is 11.5 Å². The molecule has 0 bridgehead atoms. The van der Waals surface area contributed by atoms with Gasteiger partial charge >= 0.3 is 0 Å². The molecular weight excluding hydrogens is 430 g/mol. The molecule has 2 heterocycles. The maximum absolute atomic E-state index is 10.2. The van der Waals surface area contributed by atoms with Gasteiger partial charge in [-0.3, -0.25) is 4.90 Å². The number of phenolic OH excluding ortho intramolecular Hbond substituents is 2. The lowest BCUT2D eigenvalue weighted by atomic mass is 9.93. The van der Waals surface area contributed by atoms with Gasteiger partial charge in [-0.1, -0.05) is 24.1 Å². The van der Waals surface area contributed by atoms with Crippen LogP contribution in [0.5, 0.6) is 17.2 Å². The highest BCUT2D eigenvalue weighted by atomic mass is 32.1. The zero-order valence-corrected chi connectivity index (χ0v) is 19.9. The summed E-state index contributed by atoms with van der Waals surface area (Å²) in [5, 5.41) is 21.1. The van der Waals surface area contributed by atoms with Crippen LogP contribution in [-0.4, -0.2) is 28.2 Å². The fraction of sp³-hybridized carbons (Fsp3) is 0.286. The lowest BCUT2D eigenvalue weighted by Gasteiger charge is -2.44. The van der Waals surface area contributed by atoms with Gasteiger partial charge in [0, 0.05) is 33.6 Å². The Kier molecular flexibility index (Phi) is 5.77. The first-order valence-corrected chi connectivity index (χ1v) is 12.3. The van der Waals surface area contributed by atoms with Crippen LogP contribution < -0.4 is 4.74 Å². The minimum atomic E-state index is -0.696. The molecule has 5 heteroatoms. The fourth-order valence-electron chi connectivity index (χ4n) is 4.79. The molecule has 4 aromatic rings. The summed E-state index contributed by atoms with van der Waals surface area (Å²) in [5.74, 6) is 1.34. The van der Waals surface area contributed by atoms with Crippen molar-refractivity contribution >= 4 is 21.4 Å². The molecule has 33 heavy (non-hydrogen) atoms. The van der Waals surface area contributed by atoms with Crippen molar-refractivity contribution < 1.29 is 14.9 Å². The van der Waals surface area contributed by atoms with Gasteiger partial charge in [-0.05, 0) is 86.8 Å². The second-order valence-electron chi connectivity index (χ2n) is 8.98. The molecule has 1 saturated heterocycles. The SMILES string of the molecule is Cc1ccc(OC(C)(c2c(-c3ccc(O)cc3)sc3cc(O)ccc23)N2CCCCC2)cc1. The maximum Gasteiger partial charge on any atom is 0.188 e. The molecule has 1 unspecified atom stereocenters. The Morgan fingerprint density at radius 2 is 1.52 bits per heavy atom. The second-order valence-corrected chi connectivity index (χ2v) is 10.0. The summed E-state index contributed by atoms with van der Waals surface area (Å²) in [6, 6.07) is 21.2. The predicted octanol–water partition coefficient (Wildman–Crippen LogP) is 7.03. The third-order valence-electron chi connectivity index (χ3n) is 6.56. The summed E-state index contributed by atoms with van der Waals surface area (Å²) in [4.78, 5) is 3.55. The fourth-order valence-corrected chi connectivity index (χ4v) is 6.13. The molecule has 2 N–H and O–H groups in total. The molecule has 5 rings (SSSR count). The summed E-state index contributed by atoms with van der Waals surface area (Å²) in [7, 11) is 0. The maximum atomic E-state index is 10.2. The smallest absolute Gasteiger partial charge is 0.188 e. The van der Waals surface area contributed by atoms with Gasteiger partial charge in [0.05, 0.1) is 0 Å². The molecule has 3 aromatic carbocycles. The van der Waals surface area contributed by atoms with Gasteiger partial charge in [0.2, 0.25) is 0 Å². The van der Waals surface area contributed by atoms with Crippen LogP contribution in [0, 0.1) is 6.92 Å². The number of rotatable bonds is 5. The number of hydrogen-bond acceptors (Lipinski definition) is 5. The van der Waals surface area contributed by atoms with Crippen LogP contribution in [0.15, 0.2) is 66.7 Å². The van der Waals surface area contributed by atoms with Crippen LogP contribution in [0.2, 0.25) is 0 Å². The normalized spacial score (nSPS) is 16.5. The Morgan fingerprint density at radius 1 is 0.848 bits per heavy atom. The highest BCUT2D eigenvalue weighted by molar-refractivity contribution is 7.22. The van der Waals surface area contributed by atoms with Gasteiger partial charge in [-0.15, -0.1) is 11.3 Å². The molecule has 0 aliphatic carbocycles. The highest BCUT2D eigenvalue weighted by Crippen LogP contribution is 2.48. The molecule has 1 aliphatic rings. The first-order valence-electron chi connectivity index (χ1n) is 11.5. The zero-order chi connectivity index (χ0) is 23.0. The number of likely N-dealkylation sites (tertiary alicyclic amines) is 1. The number of aromatic hydroxyl groups is 2. The first kappa shape index (κ1) is 21.8. The molecule has 0 radical (unpaired) electrons. The molecule has 1 aliphatic heterocycles. The number of piperidine rings is 1. The Morgan fingerprint density at radius 3 is 2.21 bits per heavy atom. The number of aryl methyl sites for hydroxylation is 1. The van der Waals surface area contributed by atoms with E-state index in [2.05, 4.69) is 30.9 Å². The third kappa shape index (κ3) is 4.19. The minimum Gasteiger partial charge on any atom is -0.508 e. The van der Waals surface area contributed by atoms with Crippen molar-refractivity contribution in [2.45, 2.75) is 38.8 Å². The first-order chi connectivity index (χ1) is 15.9. The van der Waals surface area contributed by atoms with Crippen LogP contribution in [0.25, 0.3) is 20.5 Å². The van der Waals surface area contributed by atoms with E-state index in [0.29, 0.717) is 0 Å². The number of hydrogen-bond donors (Lipinski definition) is 2. The Labute approximate surface area is 198 Å². The van der Waals surface area contributed by atoms with E-state index in [4.69, 9.17) is 4.74 Å². The Balaban J connectivity index is 1.74. The number of thiophene rings is 1. The number of ether oxygens (including phenoxy) is 1. The van der Waals surface area contributed by atoms with E-state index in [1.54, 1.807) is 29.5 Å². The largest absolute Gasteiger partial charge is 0.508 e. The number of phenols is 2.